The van der Waals surface area contributed by atoms with E-state index >= 15 is 0 Å². The van der Waals surface area contributed by atoms with E-state index in [1.807, 2.05) is 48.7 Å². The summed E-state index contributed by atoms with van der Waals surface area (Å²) in [5.41, 5.74) is 2.97. The van der Waals surface area contributed by atoms with Crippen LogP contribution in [0.15, 0.2) is 48.7 Å². The largest absolute Gasteiger partial charge is 0.493 e. The molecule has 24 heavy (non-hydrogen) atoms. The van der Waals surface area contributed by atoms with Gasteiger partial charge in [0, 0.05) is 11.6 Å². The Kier molecular flexibility index (Phi) is 4.66. The number of hydrogen-bond donors (Lipinski definition) is 0. The Morgan fingerprint density at radius 2 is 1.46 bits per heavy atom. The van der Waals surface area contributed by atoms with E-state index in [9.17, 15) is 0 Å². The Morgan fingerprint density at radius 3 is 2.12 bits per heavy atom. The van der Waals surface area contributed by atoms with Gasteiger partial charge < -0.3 is 14.2 Å². The molecule has 1 aromatic heterocycles. The van der Waals surface area contributed by atoms with E-state index in [0.29, 0.717) is 17.2 Å². The Labute approximate surface area is 141 Å². The third-order valence-corrected chi connectivity index (χ3v) is 3.77. The molecule has 0 unspecified atom stereocenters. The van der Waals surface area contributed by atoms with Gasteiger partial charge in [-0.25, -0.2) is 0 Å². The summed E-state index contributed by atoms with van der Waals surface area (Å²) in [6.07, 6.45) is 5.87. The molecule has 0 amide bonds. The van der Waals surface area contributed by atoms with Crippen molar-refractivity contribution in [2.24, 2.45) is 0 Å². The van der Waals surface area contributed by atoms with E-state index < -0.39 is 0 Å². The average Bonchev–Trinajstić information content (AvgIpc) is 2.65. The molecule has 0 bridgehead atoms. The zero-order chi connectivity index (χ0) is 16.9. The fourth-order valence-corrected chi connectivity index (χ4v) is 2.57. The molecular formula is C20H19NO3. The second-order valence-corrected chi connectivity index (χ2v) is 5.25. The molecule has 1 heterocycles. The first-order valence-corrected chi connectivity index (χ1v) is 7.58. The van der Waals surface area contributed by atoms with Crippen molar-refractivity contribution in [3.05, 3.63) is 59.8 Å². The Morgan fingerprint density at radius 1 is 0.792 bits per heavy atom. The summed E-state index contributed by atoms with van der Waals surface area (Å²) in [5, 5.41) is 1.12. The number of para-hydroxylation sites is 1. The highest BCUT2D eigenvalue weighted by Crippen LogP contribution is 2.38. The standard InChI is InChI=1S/C20H19NO3/c1-22-18-11-14(12-19(23-2)20(18)24-3)8-9-15-10-16-6-4-5-7-17(16)21-13-15/h4-13H,1-3H3/b9-8-. The number of nitrogens with zero attached hydrogens (tertiary/aromatic N) is 1. The van der Waals surface area contributed by atoms with Crippen molar-refractivity contribution in [3.63, 3.8) is 0 Å². The van der Waals surface area contributed by atoms with Gasteiger partial charge in [-0.1, -0.05) is 30.4 Å². The minimum absolute atomic E-state index is 0.588. The number of rotatable bonds is 5. The van der Waals surface area contributed by atoms with Crippen LogP contribution in [0.25, 0.3) is 23.1 Å². The molecule has 0 aliphatic rings. The van der Waals surface area contributed by atoms with Crippen molar-refractivity contribution in [2.45, 2.75) is 0 Å². The fraction of sp³-hybridized carbons (Fsp3) is 0.150. The predicted octanol–water partition coefficient (Wildman–Crippen LogP) is 4.43. The van der Waals surface area contributed by atoms with Crippen molar-refractivity contribution < 1.29 is 14.2 Å². The van der Waals surface area contributed by atoms with Crippen molar-refractivity contribution in [1.29, 1.82) is 0 Å². The quantitative estimate of drug-likeness (QED) is 0.697. The van der Waals surface area contributed by atoms with Crippen LogP contribution in [0.3, 0.4) is 0 Å². The molecule has 0 fully saturated rings. The van der Waals surface area contributed by atoms with Gasteiger partial charge in [-0.15, -0.1) is 0 Å². The van der Waals surface area contributed by atoms with Crippen LogP contribution in [0, 0.1) is 0 Å². The van der Waals surface area contributed by atoms with Gasteiger partial charge in [-0.05, 0) is 35.4 Å². The number of methoxy groups -OCH3 is 3. The van der Waals surface area contributed by atoms with Crippen molar-refractivity contribution in [3.8, 4) is 17.2 Å². The molecule has 4 nitrogen and oxygen atoms in total. The summed E-state index contributed by atoms with van der Waals surface area (Å²) in [5.74, 6) is 1.85. The third kappa shape index (κ3) is 3.18. The van der Waals surface area contributed by atoms with Crippen molar-refractivity contribution in [2.75, 3.05) is 21.3 Å². The molecule has 0 radical (unpaired) electrons. The summed E-state index contributed by atoms with van der Waals surface area (Å²) >= 11 is 0. The number of aromatic nitrogens is 1. The molecule has 3 rings (SSSR count). The summed E-state index contributed by atoms with van der Waals surface area (Å²) in [6.45, 7) is 0. The average molecular weight is 321 g/mol. The van der Waals surface area contributed by atoms with Crippen LogP contribution >= 0.6 is 0 Å². The zero-order valence-electron chi connectivity index (χ0n) is 13.9. The van der Waals surface area contributed by atoms with Crippen LogP contribution in [0.5, 0.6) is 17.2 Å². The molecule has 0 atom stereocenters. The molecule has 0 saturated heterocycles. The monoisotopic (exact) mass is 321 g/mol. The lowest BCUT2D eigenvalue weighted by Gasteiger charge is -2.12. The van der Waals surface area contributed by atoms with Crippen molar-refractivity contribution >= 4 is 23.1 Å². The molecular weight excluding hydrogens is 302 g/mol. The summed E-state index contributed by atoms with van der Waals surface area (Å²) in [4.78, 5) is 4.47. The lowest BCUT2D eigenvalue weighted by atomic mass is 10.1. The molecule has 0 saturated carbocycles. The van der Waals surface area contributed by atoms with Crippen LogP contribution < -0.4 is 14.2 Å². The molecule has 122 valence electrons. The first-order chi connectivity index (χ1) is 11.7. The number of ether oxygens (including phenoxy) is 3. The molecule has 3 aromatic rings. The molecule has 0 spiro atoms. The smallest absolute Gasteiger partial charge is 0.203 e. The first kappa shape index (κ1) is 15.9. The topological polar surface area (TPSA) is 40.6 Å². The molecule has 4 heteroatoms. The van der Waals surface area contributed by atoms with Crippen LogP contribution in [-0.4, -0.2) is 26.3 Å². The van der Waals surface area contributed by atoms with E-state index in [4.69, 9.17) is 14.2 Å². The minimum atomic E-state index is 0.588. The summed E-state index contributed by atoms with van der Waals surface area (Å²) in [6, 6.07) is 14.0. The van der Waals surface area contributed by atoms with E-state index in [-0.39, 0.29) is 0 Å². The van der Waals surface area contributed by atoms with Gasteiger partial charge in [0.1, 0.15) is 0 Å². The summed E-state index contributed by atoms with van der Waals surface area (Å²) < 4.78 is 16.1. The highest BCUT2D eigenvalue weighted by molar-refractivity contribution is 5.82. The summed E-state index contributed by atoms with van der Waals surface area (Å²) in [7, 11) is 4.81. The van der Waals surface area contributed by atoms with Gasteiger partial charge in [-0.2, -0.15) is 0 Å². The Bertz CT molecular complexity index is 862. The van der Waals surface area contributed by atoms with Crippen LogP contribution in [-0.2, 0) is 0 Å². The Hall–Kier alpha value is -3.01. The van der Waals surface area contributed by atoms with Gasteiger partial charge in [0.2, 0.25) is 5.75 Å². The SMILES string of the molecule is COc1cc(/C=C\c2cnc3ccccc3c2)cc(OC)c1OC. The highest BCUT2D eigenvalue weighted by Gasteiger charge is 2.11. The maximum Gasteiger partial charge on any atom is 0.203 e. The van der Waals surface area contributed by atoms with Crippen LogP contribution in [0.4, 0.5) is 0 Å². The van der Waals surface area contributed by atoms with E-state index in [1.54, 1.807) is 21.3 Å². The molecule has 0 aliphatic heterocycles. The van der Waals surface area contributed by atoms with Gasteiger partial charge in [-0.3, -0.25) is 4.98 Å². The number of benzene rings is 2. The molecule has 2 aromatic carbocycles. The van der Waals surface area contributed by atoms with Gasteiger partial charge in [0.25, 0.3) is 0 Å². The number of fused-ring (bicyclic) bond motifs is 1. The minimum Gasteiger partial charge on any atom is -0.493 e. The van der Waals surface area contributed by atoms with Gasteiger partial charge in [0.05, 0.1) is 26.8 Å². The van der Waals surface area contributed by atoms with E-state index in [1.165, 1.54) is 0 Å². The number of hydrogen-bond acceptors (Lipinski definition) is 4. The third-order valence-electron chi connectivity index (χ3n) is 3.77. The second kappa shape index (κ2) is 7.04. The fourth-order valence-electron chi connectivity index (χ4n) is 2.57. The lowest BCUT2D eigenvalue weighted by Crippen LogP contribution is -1.95. The second-order valence-electron chi connectivity index (χ2n) is 5.25. The number of pyridine rings is 1. The van der Waals surface area contributed by atoms with E-state index in [2.05, 4.69) is 17.1 Å². The molecule has 0 N–H and O–H groups in total. The van der Waals surface area contributed by atoms with Crippen molar-refractivity contribution in [1.82, 2.24) is 4.98 Å². The molecule has 0 aliphatic carbocycles. The maximum absolute atomic E-state index is 5.38. The zero-order valence-corrected chi connectivity index (χ0v) is 13.9. The Balaban J connectivity index is 1.95. The predicted molar refractivity (Wildman–Crippen MR) is 96.8 cm³/mol. The highest BCUT2D eigenvalue weighted by atomic mass is 16.5. The van der Waals surface area contributed by atoms with Gasteiger partial charge in [0.15, 0.2) is 11.5 Å². The first-order valence-electron chi connectivity index (χ1n) is 7.58. The maximum atomic E-state index is 5.38. The lowest BCUT2D eigenvalue weighted by molar-refractivity contribution is 0.324. The normalized spacial score (nSPS) is 11.0. The van der Waals surface area contributed by atoms with Crippen LogP contribution in [0.2, 0.25) is 0 Å². The van der Waals surface area contributed by atoms with Crippen LogP contribution in [0.1, 0.15) is 11.1 Å². The van der Waals surface area contributed by atoms with Gasteiger partial charge >= 0.3 is 0 Å². The van der Waals surface area contributed by atoms with E-state index in [0.717, 1.165) is 22.0 Å².